The number of hydrogen-bond acceptors (Lipinski definition) is 5. The maximum absolute atomic E-state index is 12.4. The Morgan fingerprint density at radius 1 is 1.14 bits per heavy atom. The van der Waals surface area contributed by atoms with E-state index in [1.165, 1.54) is 16.9 Å². The first-order chi connectivity index (χ1) is 14.0. The second-order valence-electron chi connectivity index (χ2n) is 6.54. The minimum atomic E-state index is -0.411. The number of nitrogens with zero attached hydrogens (tertiary/aromatic N) is 2. The fourth-order valence-electron chi connectivity index (χ4n) is 2.90. The summed E-state index contributed by atoms with van der Waals surface area (Å²) in [5.74, 6) is -0.153. The second-order valence-corrected chi connectivity index (χ2v) is 7.55. The number of hydrogen-bond donors (Lipinski definition) is 0. The van der Waals surface area contributed by atoms with E-state index in [2.05, 4.69) is 18.0 Å². The molecule has 1 aromatic heterocycles. The Kier molecular flexibility index (Phi) is 6.82. The fourth-order valence-corrected chi connectivity index (χ4v) is 4.01. The van der Waals surface area contributed by atoms with Crippen LogP contribution < -0.4 is 9.54 Å². The summed E-state index contributed by atoms with van der Waals surface area (Å²) in [4.78, 5) is 29.2. The number of amides is 1. The number of carbonyl (C=O) groups is 2. The Balaban J connectivity index is 1.90. The van der Waals surface area contributed by atoms with Gasteiger partial charge in [-0.2, -0.15) is 4.99 Å². The molecule has 0 bridgehead atoms. The fraction of sp³-hybridized carbons (Fsp3) is 0.318. The molecule has 0 fully saturated rings. The lowest BCUT2D eigenvalue weighted by molar-refractivity contribution is -0.143. The number of thiazole rings is 1. The minimum Gasteiger partial charge on any atom is -0.484 e. The summed E-state index contributed by atoms with van der Waals surface area (Å²) in [7, 11) is 0. The van der Waals surface area contributed by atoms with Crippen molar-refractivity contribution in [2.75, 3.05) is 13.2 Å². The van der Waals surface area contributed by atoms with Crippen LogP contribution in [0.15, 0.2) is 47.5 Å². The van der Waals surface area contributed by atoms with Gasteiger partial charge in [-0.25, -0.2) is 0 Å². The summed E-state index contributed by atoms with van der Waals surface area (Å²) >= 11 is 1.38. The van der Waals surface area contributed by atoms with Gasteiger partial charge in [0.25, 0.3) is 5.91 Å². The third-order valence-electron chi connectivity index (χ3n) is 4.32. The molecule has 0 atom stereocenters. The third-order valence-corrected chi connectivity index (χ3v) is 5.36. The van der Waals surface area contributed by atoms with Gasteiger partial charge in [0.1, 0.15) is 12.3 Å². The van der Waals surface area contributed by atoms with E-state index in [1.54, 1.807) is 17.6 Å². The van der Waals surface area contributed by atoms with Crippen molar-refractivity contribution in [3.05, 3.63) is 58.4 Å². The molecule has 29 heavy (non-hydrogen) atoms. The van der Waals surface area contributed by atoms with E-state index in [1.807, 2.05) is 37.3 Å². The zero-order valence-corrected chi connectivity index (χ0v) is 17.6. The summed E-state index contributed by atoms with van der Waals surface area (Å²) in [5.41, 5.74) is 3.09. The molecule has 152 valence electrons. The molecule has 0 saturated carbocycles. The van der Waals surface area contributed by atoms with Crippen molar-refractivity contribution in [1.82, 2.24) is 4.57 Å². The van der Waals surface area contributed by atoms with Gasteiger partial charge in [0.05, 0.1) is 16.8 Å². The summed E-state index contributed by atoms with van der Waals surface area (Å²) in [6.45, 7) is 5.94. The van der Waals surface area contributed by atoms with Crippen LogP contribution in [0, 0.1) is 6.92 Å². The first-order valence-electron chi connectivity index (χ1n) is 9.55. The van der Waals surface area contributed by atoms with Gasteiger partial charge in [-0.05, 0) is 55.7 Å². The number of esters is 1. The van der Waals surface area contributed by atoms with Crippen LogP contribution in [0.4, 0.5) is 0 Å². The van der Waals surface area contributed by atoms with E-state index < -0.39 is 5.91 Å². The molecule has 0 radical (unpaired) electrons. The highest BCUT2D eigenvalue weighted by atomic mass is 32.1. The van der Waals surface area contributed by atoms with Gasteiger partial charge in [-0.1, -0.05) is 36.5 Å². The molecule has 0 aliphatic rings. The first kappa shape index (κ1) is 20.8. The van der Waals surface area contributed by atoms with Crippen LogP contribution >= 0.6 is 11.3 Å². The highest BCUT2D eigenvalue weighted by molar-refractivity contribution is 7.16. The van der Waals surface area contributed by atoms with E-state index in [4.69, 9.17) is 9.47 Å². The molecule has 0 saturated heterocycles. The molecule has 2 aromatic carbocycles. The summed E-state index contributed by atoms with van der Waals surface area (Å²) in [6.07, 6.45) is 0.904. The molecule has 7 heteroatoms. The van der Waals surface area contributed by atoms with E-state index in [9.17, 15) is 9.59 Å². The normalized spacial score (nSPS) is 11.6. The Morgan fingerprint density at radius 2 is 1.97 bits per heavy atom. The van der Waals surface area contributed by atoms with Crippen molar-refractivity contribution in [2.45, 2.75) is 33.7 Å². The van der Waals surface area contributed by atoms with Crippen LogP contribution in [0.1, 0.15) is 25.0 Å². The average molecular weight is 413 g/mol. The van der Waals surface area contributed by atoms with Crippen LogP contribution in [0.25, 0.3) is 10.2 Å². The number of rotatable bonds is 7. The number of benzene rings is 2. The van der Waals surface area contributed by atoms with Gasteiger partial charge < -0.3 is 14.0 Å². The molecule has 0 spiro atoms. The quantitative estimate of drug-likeness (QED) is 0.556. The van der Waals surface area contributed by atoms with Gasteiger partial charge >= 0.3 is 5.97 Å². The largest absolute Gasteiger partial charge is 0.484 e. The van der Waals surface area contributed by atoms with Crippen molar-refractivity contribution in [3.63, 3.8) is 0 Å². The van der Waals surface area contributed by atoms with Gasteiger partial charge in [-0.3, -0.25) is 9.59 Å². The molecule has 3 rings (SSSR count). The van der Waals surface area contributed by atoms with Crippen molar-refractivity contribution in [1.29, 1.82) is 0 Å². The molecule has 0 aliphatic heterocycles. The van der Waals surface area contributed by atoms with Crippen molar-refractivity contribution < 1.29 is 19.1 Å². The standard InChI is InChI=1S/C22H24N2O4S/c1-4-16-9-10-18-19(12-16)29-22(24(18)13-21(26)27-5-2)23-20(25)14-28-17-8-6-7-15(3)11-17/h6-12H,4-5,13-14H2,1-3H3. The average Bonchev–Trinajstić information content (AvgIpc) is 3.02. The van der Waals surface area contributed by atoms with E-state index in [0.717, 1.165) is 22.2 Å². The number of fused-ring (bicyclic) bond motifs is 1. The summed E-state index contributed by atoms with van der Waals surface area (Å²) < 4.78 is 13.3. The van der Waals surface area contributed by atoms with Crippen molar-refractivity contribution in [3.8, 4) is 5.75 Å². The van der Waals surface area contributed by atoms with Crippen LogP contribution in [0.2, 0.25) is 0 Å². The smallest absolute Gasteiger partial charge is 0.326 e. The number of ether oxygens (including phenoxy) is 2. The molecule has 6 nitrogen and oxygen atoms in total. The number of aryl methyl sites for hydroxylation is 2. The lowest BCUT2D eigenvalue weighted by Crippen LogP contribution is -2.24. The minimum absolute atomic E-state index is 0.00413. The highest BCUT2D eigenvalue weighted by Gasteiger charge is 2.13. The van der Waals surface area contributed by atoms with Crippen LogP contribution in [0.5, 0.6) is 5.75 Å². The predicted octanol–water partition coefficient (Wildman–Crippen LogP) is 3.64. The van der Waals surface area contributed by atoms with Gasteiger partial charge in [0, 0.05) is 0 Å². The predicted molar refractivity (Wildman–Crippen MR) is 113 cm³/mol. The number of aromatic nitrogens is 1. The number of carbonyl (C=O) groups excluding carboxylic acids is 2. The molecule has 1 amide bonds. The zero-order chi connectivity index (χ0) is 20.8. The maximum atomic E-state index is 12.4. The third kappa shape index (κ3) is 5.32. The topological polar surface area (TPSA) is 69.9 Å². The Morgan fingerprint density at radius 3 is 2.69 bits per heavy atom. The molecular formula is C22H24N2O4S. The molecule has 1 heterocycles. The summed E-state index contributed by atoms with van der Waals surface area (Å²) in [5, 5.41) is 0. The molecule has 0 aliphatic carbocycles. The van der Waals surface area contributed by atoms with Gasteiger partial charge in [0.2, 0.25) is 0 Å². The van der Waals surface area contributed by atoms with E-state index in [0.29, 0.717) is 17.2 Å². The van der Waals surface area contributed by atoms with Crippen molar-refractivity contribution >= 4 is 33.4 Å². The second kappa shape index (κ2) is 9.52. The maximum Gasteiger partial charge on any atom is 0.326 e. The molecule has 0 N–H and O–H groups in total. The Labute approximate surface area is 173 Å². The monoisotopic (exact) mass is 412 g/mol. The highest BCUT2D eigenvalue weighted by Crippen LogP contribution is 2.20. The zero-order valence-electron chi connectivity index (χ0n) is 16.8. The Bertz CT molecular complexity index is 1100. The molecule has 3 aromatic rings. The van der Waals surface area contributed by atoms with Crippen LogP contribution in [0.3, 0.4) is 0 Å². The van der Waals surface area contributed by atoms with E-state index >= 15 is 0 Å². The van der Waals surface area contributed by atoms with Crippen molar-refractivity contribution in [2.24, 2.45) is 4.99 Å². The van der Waals surface area contributed by atoms with Crippen LogP contribution in [-0.4, -0.2) is 29.7 Å². The molecular weight excluding hydrogens is 388 g/mol. The molecule has 0 unspecified atom stereocenters. The van der Waals surface area contributed by atoms with Gasteiger partial charge in [0.15, 0.2) is 11.4 Å². The lowest BCUT2D eigenvalue weighted by atomic mass is 10.2. The Hall–Kier alpha value is -2.93. The SMILES string of the molecule is CCOC(=O)Cn1c(=NC(=O)COc2cccc(C)c2)sc2cc(CC)ccc21. The summed E-state index contributed by atoms with van der Waals surface area (Å²) in [6, 6.07) is 13.5. The van der Waals surface area contributed by atoms with Crippen LogP contribution in [-0.2, 0) is 27.3 Å². The van der Waals surface area contributed by atoms with Gasteiger partial charge in [-0.15, -0.1) is 0 Å². The first-order valence-corrected chi connectivity index (χ1v) is 10.4. The lowest BCUT2D eigenvalue weighted by Gasteiger charge is -2.06. The van der Waals surface area contributed by atoms with E-state index in [-0.39, 0.29) is 19.1 Å².